The first-order valence-corrected chi connectivity index (χ1v) is 8.19. The molecule has 2 aromatic rings. The number of amides is 1. The summed E-state index contributed by atoms with van der Waals surface area (Å²) in [5.74, 6) is -0.124. The van der Waals surface area contributed by atoms with Crippen LogP contribution in [0.5, 0.6) is 0 Å². The van der Waals surface area contributed by atoms with Crippen LogP contribution in [0.2, 0.25) is 0 Å². The topological polar surface area (TPSA) is 93.1 Å². The second-order valence-electron chi connectivity index (χ2n) is 6.24. The molecular formula is C16H19N5O3. The van der Waals surface area contributed by atoms with Crippen molar-refractivity contribution in [2.75, 3.05) is 13.1 Å². The predicted octanol–water partition coefficient (Wildman–Crippen LogP) is 0.515. The smallest absolute Gasteiger partial charge is 0.254 e. The number of nitrogens with zero attached hydrogens (tertiary/aromatic N) is 4. The van der Waals surface area contributed by atoms with Crippen molar-refractivity contribution in [3.8, 4) is 0 Å². The Morgan fingerprint density at radius 2 is 2.33 bits per heavy atom. The first-order valence-electron chi connectivity index (χ1n) is 8.19. The van der Waals surface area contributed by atoms with E-state index in [-0.39, 0.29) is 23.6 Å². The summed E-state index contributed by atoms with van der Waals surface area (Å²) in [7, 11) is 0. The highest BCUT2D eigenvalue weighted by atomic mass is 16.5. The van der Waals surface area contributed by atoms with E-state index in [0.717, 1.165) is 17.8 Å². The molecule has 0 aromatic carbocycles. The Kier molecular flexibility index (Phi) is 3.68. The monoisotopic (exact) mass is 329 g/mol. The van der Waals surface area contributed by atoms with Crippen LogP contribution in [-0.2, 0) is 17.8 Å². The molecule has 1 amide bonds. The number of hydrogen-bond acceptors (Lipinski definition) is 5. The molecule has 1 fully saturated rings. The zero-order valence-corrected chi connectivity index (χ0v) is 13.4. The number of rotatable bonds is 2. The number of likely N-dealkylation sites (tertiary alicyclic amines) is 1. The van der Waals surface area contributed by atoms with Gasteiger partial charge in [-0.2, -0.15) is 0 Å². The van der Waals surface area contributed by atoms with E-state index in [9.17, 15) is 9.59 Å². The molecule has 1 saturated heterocycles. The summed E-state index contributed by atoms with van der Waals surface area (Å²) < 4.78 is 7.73. The van der Waals surface area contributed by atoms with Gasteiger partial charge in [-0.15, -0.1) is 5.10 Å². The maximum Gasteiger partial charge on any atom is 0.254 e. The zero-order chi connectivity index (χ0) is 16.7. The average molecular weight is 329 g/mol. The van der Waals surface area contributed by atoms with Crippen molar-refractivity contribution in [1.82, 2.24) is 24.9 Å². The minimum Gasteiger partial charge on any atom is -0.370 e. The molecule has 4 rings (SSSR count). The highest BCUT2D eigenvalue weighted by Gasteiger charge is 2.38. The molecule has 0 spiro atoms. The van der Waals surface area contributed by atoms with Crippen molar-refractivity contribution in [1.29, 1.82) is 0 Å². The van der Waals surface area contributed by atoms with E-state index in [2.05, 4.69) is 15.3 Å². The van der Waals surface area contributed by atoms with Gasteiger partial charge in [0.05, 0.1) is 30.6 Å². The van der Waals surface area contributed by atoms with Gasteiger partial charge < -0.3 is 14.6 Å². The van der Waals surface area contributed by atoms with Crippen LogP contribution in [0.15, 0.2) is 23.1 Å². The van der Waals surface area contributed by atoms with E-state index in [1.54, 1.807) is 17.2 Å². The van der Waals surface area contributed by atoms with Gasteiger partial charge in [0.2, 0.25) is 5.56 Å². The average Bonchev–Trinajstić information content (AvgIpc) is 3.09. The van der Waals surface area contributed by atoms with Gasteiger partial charge in [0, 0.05) is 30.4 Å². The molecule has 24 heavy (non-hydrogen) atoms. The number of carbonyl (C=O) groups is 1. The van der Waals surface area contributed by atoms with Crippen molar-refractivity contribution in [3.63, 3.8) is 0 Å². The number of fused-ring (bicyclic) bond motifs is 3. The number of aromatic amines is 1. The third kappa shape index (κ3) is 2.52. The maximum atomic E-state index is 12.8. The largest absolute Gasteiger partial charge is 0.370 e. The van der Waals surface area contributed by atoms with Gasteiger partial charge in [0.1, 0.15) is 0 Å². The number of aryl methyl sites for hydroxylation is 1. The van der Waals surface area contributed by atoms with Crippen LogP contribution < -0.4 is 5.56 Å². The Bertz CT molecular complexity index is 827. The number of aromatic nitrogens is 4. The van der Waals surface area contributed by atoms with E-state index < -0.39 is 0 Å². The van der Waals surface area contributed by atoms with Crippen LogP contribution in [0.25, 0.3) is 0 Å². The Labute approximate surface area is 138 Å². The van der Waals surface area contributed by atoms with Crippen molar-refractivity contribution < 1.29 is 9.53 Å². The summed E-state index contributed by atoms with van der Waals surface area (Å²) in [6.45, 7) is 3.57. The summed E-state index contributed by atoms with van der Waals surface area (Å²) in [6, 6.07) is 3.10. The normalized spacial score (nSPS) is 22.8. The van der Waals surface area contributed by atoms with Gasteiger partial charge in [0.15, 0.2) is 0 Å². The lowest BCUT2D eigenvalue weighted by atomic mass is 9.99. The maximum absolute atomic E-state index is 12.8. The molecule has 0 unspecified atom stereocenters. The van der Waals surface area contributed by atoms with Gasteiger partial charge in [-0.25, -0.2) is 4.68 Å². The number of H-pyrrole nitrogens is 1. The van der Waals surface area contributed by atoms with E-state index in [1.165, 1.54) is 6.07 Å². The Morgan fingerprint density at radius 1 is 1.46 bits per heavy atom. The number of nitrogens with one attached hydrogen (secondary N) is 1. The first kappa shape index (κ1) is 15.1. The minimum atomic E-state index is -0.243. The van der Waals surface area contributed by atoms with E-state index in [1.807, 2.05) is 11.6 Å². The van der Waals surface area contributed by atoms with Gasteiger partial charge in [-0.3, -0.25) is 9.59 Å². The second-order valence-corrected chi connectivity index (χ2v) is 6.24. The highest BCUT2D eigenvalue weighted by molar-refractivity contribution is 5.94. The summed E-state index contributed by atoms with van der Waals surface area (Å²) in [5.41, 5.74) is 1.88. The van der Waals surface area contributed by atoms with Gasteiger partial charge in [0.25, 0.3) is 5.91 Å². The van der Waals surface area contributed by atoms with E-state index in [0.29, 0.717) is 31.7 Å². The van der Waals surface area contributed by atoms with Gasteiger partial charge >= 0.3 is 0 Å². The SMILES string of the molecule is CCc1cc(C(=O)N2CC[C@H]3OCc4cnnn4[C@@H]3C2)cc(=O)[nH]1. The Morgan fingerprint density at radius 3 is 3.17 bits per heavy atom. The lowest BCUT2D eigenvalue weighted by molar-refractivity contribution is -0.0605. The van der Waals surface area contributed by atoms with Crippen molar-refractivity contribution >= 4 is 5.91 Å². The van der Waals surface area contributed by atoms with Crippen molar-refractivity contribution in [2.24, 2.45) is 0 Å². The quantitative estimate of drug-likeness (QED) is 0.867. The Balaban J connectivity index is 1.59. The molecule has 126 valence electrons. The number of pyridine rings is 1. The summed E-state index contributed by atoms with van der Waals surface area (Å²) >= 11 is 0. The van der Waals surface area contributed by atoms with Gasteiger partial charge in [-0.05, 0) is 18.9 Å². The van der Waals surface area contributed by atoms with Gasteiger partial charge in [-0.1, -0.05) is 12.1 Å². The lowest BCUT2D eigenvalue weighted by Gasteiger charge is -2.41. The molecule has 4 heterocycles. The minimum absolute atomic E-state index is 0.0263. The first-order chi connectivity index (χ1) is 11.7. The van der Waals surface area contributed by atoms with Crippen LogP contribution in [0.4, 0.5) is 0 Å². The van der Waals surface area contributed by atoms with E-state index >= 15 is 0 Å². The Hall–Kier alpha value is -2.48. The molecule has 8 nitrogen and oxygen atoms in total. The molecule has 0 bridgehead atoms. The summed E-state index contributed by atoms with van der Waals surface area (Å²) in [6.07, 6.45) is 3.17. The molecule has 2 aliphatic rings. The lowest BCUT2D eigenvalue weighted by Crippen LogP contribution is -2.50. The van der Waals surface area contributed by atoms with Crippen LogP contribution in [0, 0.1) is 0 Å². The third-order valence-corrected chi connectivity index (χ3v) is 4.74. The summed E-state index contributed by atoms with van der Waals surface area (Å²) in [5, 5.41) is 8.08. The molecule has 0 saturated carbocycles. The predicted molar refractivity (Wildman–Crippen MR) is 84.6 cm³/mol. The standard InChI is InChI=1S/C16H19N5O3/c1-2-11-5-10(6-15(22)18-11)16(23)20-4-3-14-13(8-20)21-12(9-24-14)7-17-19-21/h5-7,13-14H,2-4,8-9H2,1H3,(H,18,22)/t13-,14-/m1/s1. The summed E-state index contributed by atoms with van der Waals surface area (Å²) in [4.78, 5) is 29.1. The highest BCUT2D eigenvalue weighted by Crippen LogP contribution is 2.30. The number of hydrogen-bond donors (Lipinski definition) is 1. The van der Waals surface area contributed by atoms with Crippen LogP contribution in [0.3, 0.4) is 0 Å². The number of ether oxygens (including phenoxy) is 1. The fourth-order valence-corrected chi connectivity index (χ4v) is 3.46. The second kappa shape index (κ2) is 5.86. The molecule has 8 heteroatoms. The fourth-order valence-electron chi connectivity index (χ4n) is 3.46. The molecule has 2 aliphatic heterocycles. The zero-order valence-electron chi connectivity index (χ0n) is 13.4. The molecule has 2 aromatic heterocycles. The number of carbonyl (C=O) groups excluding carboxylic acids is 1. The number of piperidine rings is 1. The molecule has 0 aliphatic carbocycles. The molecular weight excluding hydrogens is 310 g/mol. The molecule has 0 radical (unpaired) electrons. The van der Waals surface area contributed by atoms with Crippen LogP contribution >= 0.6 is 0 Å². The third-order valence-electron chi connectivity index (χ3n) is 4.74. The van der Waals surface area contributed by atoms with Crippen molar-refractivity contribution in [2.45, 2.75) is 38.5 Å². The van der Waals surface area contributed by atoms with Crippen molar-refractivity contribution in [3.05, 3.63) is 45.6 Å². The van der Waals surface area contributed by atoms with E-state index in [4.69, 9.17) is 4.74 Å². The molecule has 1 N–H and O–H groups in total. The van der Waals surface area contributed by atoms with Crippen LogP contribution in [0.1, 0.15) is 41.1 Å². The van der Waals surface area contributed by atoms with Crippen LogP contribution in [-0.4, -0.2) is 50.0 Å². The fraction of sp³-hybridized carbons (Fsp3) is 0.500. The molecule has 2 atom stereocenters.